The monoisotopic (exact) mass is 456 g/mol. The van der Waals surface area contributed by atoms with Gasteiger partial charge in [-0.2, -0.15) is 0 Å². The average Bonchev–Trinajstić information content (AvgIpc) is 3.22. The number of amides is 1. The van der Waals surface area contributed by atoms with Crippen LogP contribution in [-0.2, 0) is 4.79 Å². The quantitative estimate of drug-likeness (QED) is 0.491. The molecule has 1 aliphatic rings. The fourth-order valence-corrected chi connectivity index (χ4v) is 4.75. The van der Waals surface area contributed by atoms with Crippen LogP contribution in [0.1, 0.15) is 19.8 Å². The van der Waals surface area contributed by atoms with E-state index in [1.165, 1.54) is 11.8 Å². The second-order valence-corrected chi connectivity index (χ2v) is 9.03. The number of likely N-dealkylation sites (tertiary alicyclic amines) is 1. The lowest BCUT2D eigenvalue weighted by Crippen LogP contribution is -2.38. The number of carbonyl (C=O) groups is 1. The maximum absolute atomic E-state index is 12.8. The molecule has 1 aliphatic heterocycles. The standard InChI is InChI=1S/C23H25ClN4O2S/c1-16-10-12-27(13-11-16)21(29)15-31-23-26-25-22(17-6-4-3-5-7-17)28(23)18-8-9-20(30-2)19(24)14-18/h3-9,14,16H,10-13,15H2,1-2H3. The molecule has 0 bridgehead atoms. The molecule has 0 N–H and O–H groups in total. The Bertz CT molecular complexity index is 1050. The lowest BCUT2D eigenvalue weighted by Gasteiger charge is -2.30. The number of benzene rings is 2. The van der Waals surface area contributed by atoms with Gasteiger partial charge in [0.25, 0.3) is 0 Å². The van der Waals surface area contributed by atoms with Crippen molar-refractivity contribution in [2.75, 3.05) is 26.0 Å². The molecule has 1 amide bonds. The van der Waals surface area contributed by atoms with Crippen LogP contribution in [-0.4, -0.2) is 51.5 Å². The van der Waals surface area contributed by atoms with E-state index in [2.05, 4.69) is 17.1 Å². The highest BCUT2D eigenvalue weighted by Crippen LogP contribution is 2.32. The lowest BCUT2D eigenvalue weighted by atomic mass is 9.99. The molecule has 8 heteroatoms. The second-order valence-electron chi connectivity index (χ2n) is 7.68. The molecule has 6 nitrogen and oxygen atoms in total. The molecule has 2 heterocycles. The lowest BCUT2D eigenvalue weighted by molar-refractivity contribution is -0.129. The Hall–Kier alpha value is -2.51. The molecule has 162 valence electrons. The van der Waals surface area contributed by atoms with Gasteiger partial charge in [-0.05, 0) is 37.0 Å². The van der Waals surface area contributed by atoms with Crippen LogP contribution in [0.25, 0.3) is 17.1 Å². The molecule has 0 spiro atoms. The number of ether oxygens (including phenoxy) is 1. The van der Waals surface area contributed by atoms with Crippen molar-refractivity contribution in [1.29, 1.82) is 0 Å². The molecule has 0 saturated carbocycles. The normalized spacial score (nSPS) is 14.6. The van der Waals surface area contributed by atoms with Crippen molar-refractivity contribution in [3.8, 4) is 22.8 Å². The van der Waals surface area contributed by atoms with Gasteiger partial charge in [0.2, 0.25) is 5.91 Å². The van der Waals surface area contributed by atoms with Gasteiger partial charge in [0.05, 0.1) is 23.6 Å². The van der Waals surface area contributed by atoms with Crippen LogP contribution >= 0.6 is 23.4 Å². The minimum atomic E-state index is 0.139. The number of nitrogens with zero attached hydrogens (tertiary/aromatic N) is 4. The molecule has 2 aromatic carbocycles. The summed E-state index contributed by atoms with van der Waals surface area (Å²) in [5, 5.41) is 9.98. The number of aromatic nitrogens is 3. The summed E-state index contributed by atoms with van der Waals surface area (Å²) < 4.78 is 7.23. The molecule has 1 fully saturated rings. The molecule has 1 aromatic heterocycles. The number of hydrogen-bond acceptors (Lipinski definition) is 5. The van der Waals surface area contributed by atoms with Gasteiger partial charge in [-0.3, -0.25) is 9.36 Å². The van der Waals surface area contributed by atoms with Crippen LogP contribution < -0.4 is 4.74 Å². The first-order valence-electron chi connectivity index (χ1n) is 10.3. The summed E-state index contributed by atoms with van der Waals surface area (Å²) in [6.07, 6.45) is 2.13. The smallest absolute Gasteiger partial charge is 0.233 e. The molecule has 0 atom stereocenters. The largest absolute Gasteiger partial charge is 0.495 e. The summed E-state index contributed by atoms with van der Waals surface area (Å²) in [6, 6.07) is 15.4. The van der Waals surface area contributed by atoms with Crippen LogP contribution in [0, 0.1) is 5.92 Å². The Kier molecular flexibility index (Phi) is 6.83. The predicted octanol–water partition coefficient (Wildman–Crippen LogP) is 4.95. The molecular weight excluding hydrogens is 432 g/mol. The van der Waals surface area contributed by atoms with Crippen molar-refractivity contribution >= 4 is 29.3 Å². The first-order chi connectivity index (χ1) is 15.1. The van der Waals surface area contributed by atoms with E-state index < -0.39 is 0 Å². The minimum Gasteiger partial charge on any atom is -0.495 e. The van der Waals surface area contributed by atoms with E-state index in [9.17, 15) is 4.79 Å². The summed E-state index contributed by atoms with van der Waals surface area (Å²) in [5.41, 5.74) is 1.75. The zero-order valence-corrected chi connectivity index (χ0v) is 19.2. The van der Waals surface area contributed by atoms with E-state index in [1.807, 2.05) is 58.0 Å². The van der Waals surface area contributed by atoms with Crippen molar-refractivity contribution in [1.82, 2.24) is 19.7 Å². The average molecular weight is 457 g/mol. The molecular formula is C23H25ClN4O2S. The fraction of sp³-hybridized carbons (Fsp3) is 0.348. The highest BCUT2D eigenvalue weighted by atomic mass is 35.5. The summed E-state index contributed by atoms with van der Waals surface area (Å²) in [7, 11) is 1.59. The highest BCUT2D eigenvalue weighted by molar-refractivity contribution is 7.99. The Labute approximate surface area is 191 Å². The molecule has 0 aliphatic carbocycles. The molecule has 31 heavy (non-hydrogen) atoms. The van der Waals surface area contributed by atoms with Gasteiger partial charge < -0.3 is 9.64 Å². The predicted molar refractivity (Wildman–Crippen MR) is 124 cm³/mol. The third kappa shape index (κ3) is 4.88. The van der Waals surface area contributed by atoms with Gasteiger partial charge in [-0.25, -0.2) is 0 Å². The Morgan fingerprint density at radius 1 is 1.16 bits per heavy atom. The first kappa shape index (κ1) is 21.7. The second kappa shape index (κ2) is 9.75. The number of carbonyl (C=O) groups excluding carboxylic acids is 1. The van der Waals surface area contributed by atoms with E-state index >= 15 is 0 Å². The Balaban J connectivity index is 1.63. The van der Waals surface area contributed by atoms with E-state index in [-0.39, 0.29) is 5.91 Å². The van der Waals surface area contributed by atoms with Gasteiger partial charge in [-0.1, -0.05) is 60.6 Å². The van der Waals surface area contributed by atoms with Crippen LogP contribution in [0.5, 0.6) is 5.75 Å². The molecule has 4 rings (SSSR count). The number of hydrogen-bond donors (Lipinski definition) is 0. The Morgan fingerprint density at radius 2 is 1.90 bits per heavy atom. The number of halogens is 1. The summed E-state index contributed by atoms with van der Waals surface area (Å²) in [6.45, 7) is 3.90. The van der Waals surface area contributed by atoms with E-state index in [0.717, 1.165) is 37.2 Å². The molecule has 1 saturated heterocycles. The zero-order valence-electron chi connectivity index (χ0n) is 17.6. The SMILES string of the molecule is COc1ccc(-n2c(SCC(=O)N3CCC(C)CC3)nnc2-c2ccccc2)cc1Cl. The molecule has 0 unspecified atom stereocenters. The van der Waals surface area contributed by atoms with Gasteiger partial charge in [0.1, 0.15) is 5.75 Å². The first-order valence-corrected chi connectivity index (χ1v) is 11.7. The van der Waals surface area contributed by atoms with E-state index in [0.29, 0.717) is 33.4 Å². The van der Waals surface area contributed by atoms with Crippen molar-refractivity contribution in [3.05, 3.63) is 53.6 Å². The summed E-state index contributed by atoms with van der Waals surface area (Å²) >= 11 is 7.79. The summed E-state index contributed by atoms with van der Waals surface area (Å²) in [4.78, 5) is 14.7. The number of methoxy groups -OCH3 is 1. The van der Waals surface area contributed by atoms with Crippen molar-refractivity contribution in [2.45, 2.75) is 24.9 Å². The number of rotatable bonds is 6. The molecule has 3 aromatic rings. The zero-order chi connectivity index (χ0) is 21.8. The van der Waals surface area contributed by atoms with Gasteiger partial charge in [-0.15, -0.1) is 10.2 Å². The topological polar surface area (TPSA) is 60.2 Å². The maximum Gasteiger partial charge on any atom is 0.233 e. The molecule has 0 radical (unpaired) electrons. The fourth-order valence-electron chi connectivity index (χ4n) is 3.64. The number of thioether (sulfide) groups is 1. The van der Waals surface area contributed by atoms with Crippen LogP contribution in [0.4, 0.5) is 0 Å². The summed E-state index contributed by atoms with van der Waals surface area (Å²) in [5.74, 6) is 2.45. The number of piperidine rings is 1. The maximum atomic E-state index is 12.8. The van der Waals surface area contributed by atoms with Crippen LogP contribution in [0.2, 0.25) is 5.02 Å². The van der Waals surface area contributed by atoms with Crippen molar-refractivity contribution < 1.29 is 9.53 Å². The van der Waals surface area contributed by atoms with Crippen molar-refractivity contribution in [2.24, 2.45) is 5.92 Å². The Morgan fingerprint density at radius 3 is 2.58 bits per heavy atom. The van der Waals surface area contributed by atoms with Crippen LogP contribution in [0.3, 0.4) is 0 Å². The van der Waals surface area contributed by atoms with E-state index in [1.54, 1.807) is 7.11 Å². The van der Waals surface area contributed by atoms with E-state index in [4.69, 9.17) is 16.3 Å². The van der Waals surface area contributed by atoms with Crippen molar-refractivity contribution in [3.63, 3.8) is 0 Å². The van der Waals surface area contributed by atoms with Gasteiger partial charge in [0.15, 0.2) is 11.0 Å². The van der Waals surface area contributed by atoms with Gasteiger partial charge >= 0.3 is 0 Å². The highest BCUT2D eigenvalue weighted by Gasteiger charge is 2.22. The minimum absolute atomic E-state index is 0.139. The third-order valence-corrected chi connectivity index (χ3v) is 6.73. The van der Waals surface area contributed by atoms with Gasteiger partial charge in [0, 0.05) is 18.7 Å². The third-order valence-electron chi connectivity index (χ3n) is 5.52. The van der Waals surface area contributed by atoms with Crippen LogP contribution in [0.15, 0.2) is 53.7 Å².